The second-order valence-corrected chi connectivity index (χ2v) is 12.7. The molecule has 5 aliphatic rings. The predicted octanol–water partition coefficient (Wildman–Crippen LogP) is -0.151. The SMILES string of the molecule is COC(=O)[C@@]12OC[C@]34C([C@@H](O)[C@@H]1O)[C@@]1(C)CC(=O)C(OC(=O)[C@@H](C)N)=C(C)[C@@H]1C[C@H]3OC(=O)[C@H](OC(=O)C=C(C)C)[C@@H]24. The van der Waals surface area contributed by atoms with Gasteiger partial charge in [-0.3, -0.25) is 4.79 Å². The zero-order valence-electron chi connectivity index (χ0n) is 24.4. The number of aliphatic hydroxyl groups excluding tert-OH is 2. The van der Waals surface area contributed by atoms with E-state index in [0.29, 0.717) is 11.1 Å². The highest BCUT2D eigenvalue weighted by Gasteiger charge is 2.85. The molecule has 3 aliphatic carbocycles. The van der Waals surface area contributed by atoms with E-state index in [-0.39, 0.29) is 25.2 Å². The van der Waals surface area contributed by atoms with E-state index in [4.69, 9.17) is 29.4 Å². The summed E-state index contributed by atoms with van der Waals surface area (Å²) in [4.78, 5) is 65.6. The molecule has 2 saturated carbocycles. The van der Waals surface area contributed by atoms with Gasteiger partial charge in [0.15, 0.2) is 11.5 Å². The third-order valence-electron chi connectivity index (χ3n) is 10.0. The molecule has 13 heteroatoms. The fourth-order valence-corrected chi connectivity index (χ4v) is 8.57. The average molecular weight is 592 g/mol. The van der Waals surface area contributed by atoms with Gasteiger partial charge in [0.1, 0.15) is 18.2 Å². The van der Waals surface area contributed by atoms with Crippen molar-refractivity contribution < 1.29 is 57.9 Å². The summed E-state index contributed by atoms with van der Waals surface area (Å²) >= 11 is 0. The van der Waals surface area contributed by atoms with E-state index in [9.17, 15) is 34.2 Å². The van der Waals surface area contributed by atoms with Gasteiger partial charge in [0.25, 0.3) is 0 Å². The van der Waals surface area contributed by atoms with Gasteiger partial charge in [-0.1, -0.05) is 12.5 Å². The minimum atomic E-state index is -2.26. The van der Waals surface area contributed by atoms with Crippen molar-refractivity contribution in [1.29, 1.82) is 0 Å². The fourth-order valence-electron chi connectivity index (χ4n) is 8.57. The van der Waals surface area contributed by atoms with Crippen LogP contribution < -0.4 is 5.73 Å². The van der Waals surface area contributed by atoms with Crippen LogP contribution in [-0.4, -0.2) is 89.6 Å². The topological polar surface area (TPSA) is 198 Å². The molecule has 0 amide bonds. The number of Topliss-reactive ketones (excluding diaryl/α,β-unsaturated/α-hetero) is 1. The first-order valence-electron chi connectivity index (χ1n) is 13.9. The van der Waals surface area contributed by atoms with Gasteiger partial charge < -0.3 is 39.6 Å². The molecule has 230 valence electrons. The zero-order chi connectivity index (χ0) is 31.1. The number of ketones is 1. The second-order valence-electron chi connectivity index (χ2n) is 12.7. The maximum atomic E-state index is 13.6. The smallest absolute Gasteiger partial charge is 0.348 e. The van der Waals surface area contributed by atoms with E-state index in [1.807, 2.05) is 0 Å². The van der Waals surface area contributed by atoms with Gasteiger partial charge in [-0.15, -0.1) is 0 Å². The van der Waals surface area contributed by atoms with Gasteiger partial charge in [-0.2, -0.15) is 0 Å². The van der Waals surface area contributed by atoms with Crippen LogP contribution in [0, 0.1) is 28.6 Å². The van der Waals surface area contributed by atoms with Crippen LogP contribution in [-0.2, 0) is 47.7 Å². The van der Waals surface area contributed by atoms with Crippen LogP contribution in [0.1, 0.15) is 47.5 Å². The van der Waals surface area contributed by atoms with E-state index in [0.717, 1.165) is 7.11 Å². The molecule has 0 aromatic carbocycles. The predicted molar refractivity (Wildman–Crippen MR) is 140 cm³/mol. The highest BCUT2D eigenvalue weighted by Crippen LogP contribution is 2.72. The van der Waals surface area contributed by atoms with Crippen molar-refractivity contribution in [2.45, 2.75) is 83.5 Å². The van der Waals surface area contributed by atoms with Crippen molar-refractivity contribution in [3.63, 3.8) is 0 Å². The normalized spacial score (nSPS) is 42.5. The lowest BCUT2D eigenvalue weighted by Gasteiger charge is -2.67. The van der Waals surface area contributed by atoms with E-state index in [2.05, 4.69) is 0 Å². The molecule has 2 heterocycles. The standard InChI is InChI=1S/C29H37NO12/c1-11(2)7-17(32)41-20-22-28-10-39-29(22,26(37)38-6)23(34)18(33)21(28)27(5)9-15(31)19(42-24(35)13(4)30)12(3)14(27)8-16(28)40-25(20)36/h7,13-14,16,18,20-23,33-34H,8-10,30H2,1-6H3/t13-,14+,16-,18-,20-,21?,22-,23+,27+,28-,29+/m1/s1. The Hall–Kier alpha value is -3.13. The van der Waals surface area contributed by atoms with Gasteiger partial charge in [0.2, 0.25) is 11.7 Å². The Balaban J connectivity index is 1.69. The lowest BCUT2D eigenvalue weighted by molar-refractivity contribution is -0.290. The monoisotopic (exact) mass is 591 g/mol. The highest BCUT2D eigenvalue weighted by atomic mass is 16.6. The maximum absolute atomic E-state index is 13.6. The van der Waals surface area contributed by atoms with Crippen molar-refractivity contribution in [1.82, 2.24) is 0 Å². The molecular formula is C29H37NO12. The minimum absolute atomic E-state index is 0.117. The van der Waals surface area contributed by atoms with Crippen molar-refractivity contribution in [3.8, 4) is 0 Å². The molecule has 0 radical (unpaired) electrons. The van der Waals surface area contributed by atoms with Crippen molar-refractivity contribution in [3.05, 3.63) is 23.0 Å². The number of hydrogen-bond acceptors (Lipinski definition) is 13. The summed E-state index contributed by atoms with van der Waals surface area (Å²) in [5.74, 6) is -7.16. The first-order valence-corrected chi connectivity index (χ1v) is 13.9. The number of ether oxygens (including phenoxy) is 5. The number of nitrogens with two attached hydrogens (primary N) is 1. The Morgan fingerprint density at radius 1 is 1.17 bits per heavy atom. The number of aliphatic hydroxyl groups is 2. The van der Waals surface area contributed by atoms with Crippen LogP contribution in [0.3, 0.4) is 0 Å². The molecule has 4 N–H and O–H groups in total. The summed E-state index contributed by atoms with van der Waals surface area (Å²) in [5, 5.41) is 23.5. The number of esters is 4. The summed E-state index contributed by atoms with van der Waals surface area (Å²) in [7, 11) is 1.08. The molecule has 1 spiro atoms. The minimum Gasteiger partial charge on any atom is -0.467 e. The number of carbonyl (C=O) groups is 5. The fraction of sp³-hybridized carbons (Fsp3) is 0.690. The Labute approximate surface area is 242 Å². The number of rotatable bonds is 5. The summed E-state index contributed by atoms with van der Waals surface area (Å²) in [5.41, 5.74) is 1.94. The zero-order valence-corrected chi connectivity index (χ0v) is 24.4. The van der Waals surface area contributed by atoms with Crippen molar-refractivity contribution in [2.75, 3.05) is 13.7 Å². The lowest BCUT2D eigenvalue weighted by Crippen LogP contribution is -2.79. The molecule has 5 rings (SSSR count). The Kier molecular flexibility index (Phi) is 7.20. The summed E-state index contributed by atoms with van der Waals surface area (Å²) < 4.78 is 28.1. The number of carbonyl (C=O) groups excluding carboxylic acids is 5. The third kappa shape index (κ3) is 3.86. The Morgan fingerprint density at radius 3 is 2.43 bits per heavy atom. The summed E-state index contributed by atoms with van der Waals surface area (Å²) in [6.45, 7) is 7.89. The van der Waals surface area contributed by atoms with Crippen LogP contribution >= 0.6 is 0 Å². The first kappa shape index (κ1) is 30.3. The van der Waals surface area contributed by atoms with E-state index >= 15 is 0 Å². The molecule has 1 unspecified atom stereocenters. The molecule has 2 bridgehead atoms. The number of methoxy groups -OCH3 is 1. The molecule has 11 atom stereocenters. The third-order valence-corrected chi connectivity index (χ3v) is 10.0. The van der Waals surface area contributed by atoms with Gasteiger partial charge in [0.05, 0.1) is 25.7 Å². The second kappa shape index (κ2) is 9.97. The lowest BCUT2D eigenvalue weighted by atomic mass is 9.38. The van der Waals surface area contributed by atoms with Gasteiger partial charge >= 0.3 is 23.9 Å². The molecule has 13 nitrogen and oxygen atoms in total. The van der Waals surface area contributed by atoms with Crippen molar-refractivity contribution >= 4 is 29.7 Å². The van der Waals surface area contributed by atoms with Crippen LogP contribution in [0.5, 0.6) is 0 Å². The largest absolute Gasteiger partial charge is 0.467 e. The molecular weight excluding hydrogens is 554 g/mol. The number of hydrogen-bond donors (Lipinski definition) is 3. The van der Waals surface area contributed by atoms with Crippen LogP contribution in [0.2, 0.25) is 0 Å². The van der Waals surface area contributed by atoms with Crippen molar-refractivity contribution in [2.24, 2.45) is 34.3 Å². The quantitative estimate of drug-likeness (QED) is 0.217. The van der Waals surface area contributed by atoms with E-state index < -0.39 is 94.3 Å². The van der Waals surface area contributed by atoms with E-state index in [1.54, 1.807) is 27.7 Å². The summed E-state index contributed by atoms with van der Waals surface area (Å²) in [6.07, 6.45) is -5.14. The van der Waals surface area contributed by atoms with Crippen LogP contribution in [0.25, 0.3) is 0 Å². The number of allylic oxidation sites excluding steroid dienone is 3. The Bertz CT molecular complexity index is 1320. The average Bonchev–Trinajstić information content (AvgIpc) is 3.21. The highest BCUT2D eigenvalue weighted by molar-refractivity contribution is 5.98. The maximum Gasteiger partial charge on any atom is 0.348 e. The van der Waals surface area contributed by atoms with Crippen LogP contribution in [0.15, 0.2) is 23.0 Å². The number of fused-ring (bicyclic) bond motifs is 2. The molecule has 4 fully saturated rings. The van der Waals surface area contributed by atoms with E-state index in [1.165, 1.54) is 13.0 Å². The van der Waals surface area contributed by atoms with Gasteiger partial charge in [-0.25, -0.2) is 19.2 Å². The van der Waals surface area contributed by atoms with Gasteiger partial charge in [0, 0.05) is 23.8 Å². The first-order chi connectivity index (χ1) is 19.6. The molecule has 2 aliphatic heterocycles. The molecule has 0 aromatic rings. The summed E-state index contributed by atoms with van der Waals surface area (Å²) in [6, 6.07) is -0.982. The molecule has 42 heavy (non-hydrogen) atoms. The molecule has 2 saturated heterocycles. The Morgan fingerprint density at radius 2 is 1.83 bits per heavy atom. The van der Waals surface area contributed by atoms with Crippen LogP contribution in [0.4, 0.5) is 0 Å². The van der Waals surface area contributed by atoms with Gasteiger partial charge in [-0.05, 0) is 51.0 Å². The molecule has 0 aromatic heterocycles.